The van der Waals surface area contributed by atoms with E-state index < -0.39 is 0 Å². The maximum absolute atomic E-state index is 12.2. The fraction of sp³-hybridized carbons (Fsp3) is 0.400. The van der Waals surface area contributed by atoms with Crippen LogP contribution in [-0.4, -0.2) is 32.8 Å². The SMILES string of the molecule is C[C@H](N[C@@H](C)[C@H](C)n1cccn1)C(=O)Nc1ccc(Cl)cn1. The summed E-state index contributed by atoms with van der Waals surface area (Å²) in [5.74, 6) is 0.338. The van der Waals surface area contributed by atoms with E-state index in [-0.39, 0.29) is 24.0 Å². The average molecular weight is 322 g/mol. The number of carbonyl (C=O) groups is 1. The van der Waals surface area contributed by atoms with E-state index >= 15 is 0 Å². The molecule has 2 aromatic rings. The van der Waals surface area contributed by atoms with Gasteiger partial charge in [0.05, 0.1) is 17.1 Å². The second-order valence-corrected chi connectivity index (χ2v) is 5.69. The zero-order valence-corrected chi connectivity index (χ0v) is 13.6. The first-order valence-corrected chi connectivity index (χ1v) is 7.52. The Hall–Kier alpha value is -1.92. The van der Waals surface area contributed by atoms with E-state index in [0.717, 1.165) is 0 Å². The lowest BCUT2D eigenvalue weighted by Gasteiger charge is -2.25. The molecule has 2 rings (SSSR count). The molecule has 22 heavy (non-hydrogen) atoms. The number of amides is 1. The molecule has 0 radical (unpaired) electrons. The van der Waals surface area contributed by atoms with Crippen molar-refractivity contribution < 1.29 is 4.79 Å². The molecule has 2 heterocycles. The van der Waals surface area contributed by atoms with E-state index in [1.54, 1.807) is 18.3 Å². The molecule has 1 amide bonds. The predicted molar refractivity (Wildman–Crippen MR) is 86.9 cm³/mol. The third-order valence-corrected chi connectivity index (χ3v) is 3.77. The third kappa shape index (κ3) is 4.29. The van der Waals surface area contributed by atoms with Crippen LogP contribution in [0.5, 0.6) is 0 Å². The largest absolute Gasteiger partial charge is 0.309 e. The lowest BCUT2D eigenvalue weighted by molar-refractivity contribution is -0.118. The van der Waals surface area contributed by atoms with E-state index in [4.69, 9.17) is 11.6 Å². The van der Waals surface area contributed by atoms with Crippen LogP contribution in [0.25, 0.3) is 0 Å². The number of hydrogen-bond acceptors (Lipinski definition) is 4. The van der Waals surface area contributed by atoms with Gasteiger partial charge in [-0.2, -0.15) is 5.10 Å². The van der Waals surface area contributed by atoms with Crippen molar-refractivity contribution in [3.05, 3.63) is 41.8 Å². The summed E-state index contributed by atoms with van der Waals surface area (Å²) in [6, 6.07) is 5.10. The molecule has 0 aromatic carbocycles. The number of nitrogens with one attached hydrogen (secondary N) is 2. The van der Waals surface area contributed by atoms with Crippen molar-refractivity contribution >= 4 is 23.3 Å². The number of anilines is 1. The van der Waals surface area contributed by atoms with Gasteiger partial charge in [-0.1, -0.05) is 11.6 Å². The first-order valence-electron chi connectivity index (χ1n) is 7.15. The maximum atomic E-state index is 12.2. The van der Waals surface area contributed by atoms with Crippen LogP contribution in [0.1, 0.15) is 26.8 Å². The monoisotopic (exact) mass is 321 g/mol. The van der Waals surface area contributed by atoms with Crippen LogP contribution in [0.2, 0.25) is 5.02 Å². The van der Waals surface area contributed by atoms with Crippen molar-refractivity contribution in [3.63, 3.8) is 0 Å². The van der Waals surface area contributed by atoms with Crippen LogP contribution in [0, 0.1) is 0 Å². The standard InChI is InChI=1S/C15H20ClN5O/c1-10(12(3)21-8-4-7-18-21)19-11(2)15(22)20-14-6-5-13(16)9-17-14/h4-12,19H,1-3H3,(H,17,20,22)/t10-,11-,12-/m0/s1. The van der Waals surface area contributed by atoms with Gasteiger partial charge in [0, 0.05) is 24.6 Å². The average Bonchev–Trinajstić information content (AvgIpc) is 3.02. The second kappa shape index (κ2) is 7.38. The molecule has 0 unspecified atom stereocenters. The van der Waals surface area contributed by atoms with Gasteiger partial charge in [0.25, 0.3) is 0 Å². The number of hydrogen-bond donors (Lipinski definition) is 2. The van der Waals surface area contributed by atoms with Gasteiger partial charge in [0.1, 0.15) is 5.82 Å². The molecule has 0 fully saturated rings. The lowest BCUT2D eigenvalue weighted by Crippen LogP contribution is -2.45. The summed E-state index contributed by atoms with van der Waals surface area (Å²) < 4.78 is 1.86. The summed E-state index contributed by atoms with van der Waals surface area (Å²) in [4.78, 5) is 16.2. The van der Waals surface area contributed by atoms with E-state index in [9.17, 15) is 4.79 Å². The summed E-state index contributed by atoms with van der Waals surface area (Å²) in [5.41, 5.74) is 0. The first kappa shape index (κ1) is 16.5. The molecule has 118 valence electrons. The van der Waals surface area contributed by atoms with Crippen LogP contribution >= 0.6 is 11.6 Å². The van der Waals surface area contributed by atoms with Crippen LogP contribution in [0.3, 0.4) is 0 Å². The molecular formula is C15H20ClN5O. The molecule has 2 N–H and O–H groups in total. The highest BCUT2D eigenvalue weighted by molar-refractivity contribution is 6.30. The van der Waals surface area contributed by atoms with Crippen molar-refractivity contribution in [1.82, 2.24) is 20.1 Å². The van der Waals surface area contributed by atoms with Gasteiger partial charge in [0.2, 0.25) is 5.91 Å². The normalized spacial score (nSPS) is 15.1. The van der Waals surface area contributed by atoms with Crippen molar-refractivity contribution in [1.29, 1.82) is 0 Å². The van der Waals surface area contributed by atoms with Gasteiger partial charge < -0.3 is 10.6 Å². The molecule has 0 spiro atoms. The van der Waals surface area contributed by atoms with Gasteiger partial charge in [-0.25, -0.2) is 4.98 Å². The Labute approximate surface area is 134 Å². The van der Waals surface area contributed by atoms with E-state index in [2.05, 4.69) is 27.6 Å². The first-order chi connectivity index (χ1) is 10.5. The summed E-state index contributed by atoms with van der Waals surface area (Å²) in [5, 5.41) is 10.8. The molecule has 0 aliphatic carbocycles. The lowest BCUT2D eigenvalue weighted by atomic mass is 10.1. The van der Waals surface area contributed by atoms with E-state index in [0.29, 0.717) is 10.8 Å². The Morgan fingerprint density at radius 2 is 2.09 bits per heavy atom. The van der Waals surface area contributed by atoms with Gasteiger partial charge >= 0.3 is 0 Å². The predicted octanol–water partition coefficient (Wildman–Crippen LogP) is 2.50. The minimum Gasteiger partial charge on any atom is -0.309 e. The fourth-order valence-electron chi connectivity index (χ4n) is 2.04. The van der Waals surface area contributed by atoms with Gasteiger partial charge in [-0.05, 0) is 39.0 Å². The Balaban J connectivity index is 1.89. The fourth-order valence-corrected chi connectivity index (χ4v) is 2.16. The van der Waals surface area contributed by atoms with Crippen molar-refractivity contribution in [2.45, 2.75) is 38.9 Å². The van der Waals surface area contributed by atoms with Crippen molar-refractivity contribution in [2.24, 2.45) is 0 Å². The number of aromatic nitrogens is 3. The topological polar surface area (TPSA) is 71.8 Å². The molecule has 3 atom stereocenters. The quantitative estimate of drug-likeness (QED) is 0.857. The highest BCUT2D eigenvalue weighted by Crippen LogP contribution is 2.11. The van der Waals surface area contributed by atoms with Crippen LogP contribution in [0.4, 0.5) is 5.82 Å². The van der Waals surface area contributed by atoms with E-state index in [1.807, 2.05) is 30.8 Å². The molecule has 0 aliphatic rings. The Morgan fingerprint density at radius 1 is 1.32 bits per heavy atom. The molecule has 7 heteroatoms. The zero-order valence-electron chi connectivity index (χ0n) is 12.8. The Morgan fingerprint density at radius 3 is 2.68 bits per heavy atom. The Bertz CT molecular complexity index is 599. The smallest absolute Gasteiger partial charge is 0.242 e. The van der Waals surface area contributed by atoms with Gasteiger partial charge in [0.15, 0.2) is 0 Å². The zero-order chi connectivity index (χ0) is 16.1. The van der Waals surface area contributed by atoms with Crippen molar-refractivity contribution in [2.75, 3.05) is 5.32 Å². The summed E-state index contributed by atoms with van der Waals surface area (Å²) in [6.45, 7) is 5.89. The molecule has 0 aliphatic heterocycles. The van der Waals surface area contributed by atoms with Gasteiger partial charge in [-0.15, -0.1) is 0 Å². The minimum absolute atomic E-state index is 0.0822. The molecule has 2 aromatic heterocycles. The van der Waals surface area contributed by atoms with Crippen molar-refractivity contribution in [3.8, 4) is 0 Å². The number of pyridine rings is 1. The summed E-state index contributed by atoms with van der Waals surface area (Å²) in [7, 11) is 0. The van der Waals surface area contributed by atoms with E-state index in [1.165, 1.54) is 6.20 Å². The Kier molecular flexibility index (Phi) is 5.51. The molecular weight excluding hydrogens is 302 g/mol. The molecule has 6 nitrogen and oxygen atoms in total. The molecule has 0 saturated carbocycles. The second-order valence-electron chi connectivity index (χ2n) is 5.25. The highest BCUT2D eigenvalue weighted by atomic mass is 35.5. The number of halogens is 1. The number of rotatable bonds is 6. The number of nitrogens with zero attached hydrogens (tertiary/aromatic N) is 3. The van der Waals surface area contributed by atoms with Gasteiger partial charge in [-0.3, -0.25) is 9.48 Å². The molecule has 0 bridgehead atoms. The third-order valence-electron chi connectivity index (χ3n) is 3.55. The summed E-state index contributed by atoms with van der Waals surface area (Å²) in [6.07, 6.45) is 5.15. The molecule has 0 saturated heterocycles. The minimum atomic E-state index is -0.356. The highest BCUT2D eigenvalue weighted by Gasteiger charge is 2.20. The maximum Gasteiger partial charge on any atom is 0.242 e. The number of carbonyl (C=O) groups excluding carboxylic acids is 1. The van der Waals surface area contributed by atoms with Crippen LogP contribution in [-0.2, 0) is 4.79 Å². The van der Waals surface area contributed by atoms with Crippen LogP contribution < -0.4 is 10.6 Å². The summed E-state index contributed by atoms with van der Waals surface area (Å²) >= 11 is 5.77. The van der Waals surface area contributed by atoms with Crippen LogP contribution in [0.15, 0.2) is 36.8 Å².